The SMILES string of the molecule is CCc1c(O)c(=O)ccn1[C@@H]1O[C@@H](CO)[C@@H](O)[C@H]1O. The van der Waals surface area contributed by atoms with Crippen molar-refractivity contribution in [3.63, 3.8) is 0 Å². The molecule has 0 unspecified atom stereocenters. The fourth-order valence-corrected chi connectivity index (χ4v) is 2.28. The second-order valence-electron chi connectivity index (χ2n) is 4.46. The lowest BCUT2D eigenvalue weighted by Gasteiger charge is -2.22. The van der Waals surface area contributed by atoms with Crippen LogP contribution in [0, 0.1) is 0 Å². The molecule has 0 bridgehead atoms. The van der Waals surface area contributed by atoms with Crippen LogP contribution in [0.2, 0.25) is 0 Å². The molecule has 1 fully saturated rings. The van der Waals surface area contributed by atoms with Gasteiger partial charge in [-0.1, -0.05) is 6.92 Å². The fraction of sp³-hybridized carbons (Fsp3) is 0.583. The highest BCUT2D eigenvalue weighted by molar-refractivity contribution is 5.27. The van der Waals surface area contributed by atoms with Gasteiger partial charge in [-0.25, -0.2) is 0 Å². The monoisotopic (exact) mass is 271 g/mol. The molecule has 4 N–H and O–H groups in total. The van der Waals surface area contributed by atoms with Crippen LogP contribution in [-0.4, -0.2) is 49.9 Å². The van der Waals surface area contributed by atoms with Crippen LogP contribution in [-0.2, 0) is 11.2 Å². The van der Waals surface area contributed by atoms with Crippen LogP contribution < -0.4 is 5.43 Å². The topological polar surface area (TPSA) is 112 Å². The average molecular weight is 271 g/mol. The Balaban J connectivity index is 2.43. The smallest absolute Gasteiger partial charge is 0.223 e. The predicted octanol–water partition coefficient (Wildman–Crippen LogP) is -1.27. The molecule has 0 saturated carbocycles. The molecule has 1 aliphatic rings. The van der Waals surface area contributed by atoms with Gasteiger partial charge >= 0.3 is 0 Å². The highest BCUT2D eigenvalue weighted by Gasteiger charge is 2.43. The van der Waals surface area contributed by atoms with E-state index in [-0.39, 0.29) is 0 Å². The van der Waals surface area contributed by atoms with E-state index in [9.17, 15) is 20.1 Å². The lowest BCUT2D eigenvalue weighted by molar-refractivity contribution is -0.0543. The lowest BCUT2D eigenvalue weighted by Crippen LogP contribution is -2.33. The Bertz CT molecular complexity index is 513. The first-order chi connectivity index (χ1) is 9.01. The van der Waals surface area contributed by atoms with Crippen LogP contribution in [0.25, 0.3) is 0 Å². The third-order valence-corrected chi connectivity index (χ3v) is 3.33. The largest absolute Gasteiger partial charge is 0.503 e. The molecule has 1 aromatic rings. The first-order valence-corrected chi connectivity index (χ1v) is 6.06. The molecule has 0 aliphatic carbocycles. The minimum Gasteiger partial charge on any atom is -0.503 e. The summed E-state index contributed by atoms with van der Waals surface area (Å²) in [6, 6.07) is 1.16. The number of aromatic nitrogens is 1. The maximum atomic E-state index is 11.4. The van der Waals surface area contributed by atoms with Gasteiger partial charge in [-0.15, -0.1) is 0 Å². The minimum atomic E-state index is -1.25. The second kappa shape index (κ2) is 5.30. The van der Waals surface area contributed by atoms with Crippen molar-refractivity contribution < 1.29 is 25.2 Å². The summed E-state index contributed by atoms with van der Waals surface area (Å²) in [4.78, 5) is 11.4. The van der Waals surface area contributed by atoms with E-state index in [0.717, 1.165) is 6.07 Å². The van der Waals surface area contributed by atoms with Crippen molar-refractivity contribution in [1.29, 1.82) is 0 Å². The van der Waals surface area contributed by atoms with Gasteiger partial charge in [-0.3, -0.25) is 4.79 Å². The molecule has 7 heteroatoms. The van der Waals surface area contributed by atoms with Crippen molar-refractivity contribution in [1.82, 2.24) is 4.57 Å². The van der Waals surface area contributed by atoms with Gasteiger partial charge in [0, 0.05) is 12.3 Å². The Morgan fingerprint density at radius 3 is 2.58 bits per heavy atom. The van der Waals surface area contributed by atoms with E-state index in [4.69, 9.17) is 9.84 Å². The minimum absolute atomic E-state index is 0.308. The van der Waals surface area contributed by atoms with Gasteiger partial charge in [0.2, 0.25) is 5.43 Å². The molecular formula is C12H17NO6. The average Bonchev–Trinajstić information content (AvgIpc) is 2.69. The van der Waals surface area contributed by atoms with Crippen LogP contribution >= 0.6 is 0 Å². The van der Waals surface area contributed by atoms with Crippen LogP contribution in [0.5, 0.6) is 5.75 Å². The number of aliphatic hydroxyl groups is 3. The number of hydrogen-bond donors (Lipinski definition) is 4. The molecule has 0 radical (unpaired) electrons. The van der Waals surface area contributed by atoms with Gasteiger partial charge in [0.25, 0.3) is 0 Å². The van der Waals surface area contributed by atoms with Gasteiger partial charge in [0.05, 0.1) is 12.3 Å². The predicted molar refractivity (Wildman–Crippen MR) is 64.8 cm³/mol. The Kier molecular flexibility index (Phi) is 3.91. The first-order valence-electron chi connectivity index (χ1n) is 6.06. The number of aromatic hydroxyl groups is 1. The van der Waals surface area contributed by atoms with E-state index < -0.39 is 42.3 Å². The Morgan fingerprint density at radius 2 is 2.05 bits per heavy atom. The van der Waals surface area contributed by atoms with Crippen molar-refractivity contribution in [3.05, 3.63) is 28.2 Å². The number of hydrogen-bond acceptors (Lipinski definition) is 6. The zero-order chi connectivity index (χ0) is 14.2. The summed E-state index contributed by atoms with van der Waals surface area (Å²) in [6.07, 6.45) is -2.57. The summed E-state index contributed by atoms with van der Waals surface area (Å²) in [5.74, 6) is -0.400. The zero-order valence-electron chi connectivity index (χ0n) is 10.4. The molecule has 0 aromatic carbocycles. The molecule has 1 aromatic heterocycles. The standard InChI is InChI=1S/C12H17NO6/c1-2-6-9(16)7(15)3-4-13(6)12-11(18)10(17)8(5-14)19-12/h3-4,8,10-12,14,16-18H,2,5H2,1H3/t8-,10+,11+,12+/m0/s1. The number of rotatable bonds is 3. The van der Waals surface area contributed by atoms with E-state index in [2.05, 4.69) is 0 Å². The molecule has 0 spiro atoms. The third-order valence-electron chi connectivity index (χ3n) is 3.33. The molecule has 106 valence electrons. The van der Waals surface area contributed by atoms with Gasteiger partial charge in [0.15, 0.2) is 12.0 Å². The fourth-order valence-electron chi connectivity index (χ4n) is 2.28. The van der Waals surface area contributed by atoms with Crippen molar-refractivity contribution in [2.75, 3.05) is 6.61 Å². The van der Waals surface area contributed by atoms with E-state index in [1.807, 2.05) is 0 Å². The summed E-state index contributed by atoms with van der Waals surface area (Å²) in [7, 11) is 0. The molecule has 1 saturated heterocycles. The number of aliphatic hydroxyl groups excluding tert-OH is 3. The summed E-state index contributed by atoms with van der Waals surface area (Å²) >= 11 is 0. The Hall–Kier alpha value is -1.41. The van der Waals surface area contributed by atoms with Crippen LogP contribution in [0.15, 0.2) is 17.1 Å². The van der Waals surface area contributed by atoms with Gasteiger partial charge < -0.3 is 29.7 Å². The van der Waals surface area contributed by atoms with Crippen molar-refractivity contribution in [3.8, 4) is 5.75 Å². The third kappa shape index (κ3) is 2.25. The number of nitrogens with zero attached hydrogens (tertiary/aromatic N) is 1. The first kappa shape index (κ1) is 14.0. The maximum Gasteiger partial charge on any atom is 0.223 e. The Morgan fingerprint density at radius 1 is 1.37 bits per heavy atom. The highest BCUT2D eigenvalue weighted by atomic mass is 16.6. The summed E-state index contributed by atoms with van der Waals surface area (Å²) in [5.41, 5.74) is -0.206. The van der Waals surface area contributed by atoms with Crippen molar-refractivity contribution in [2.45, 2.75) is 37.9 Å². The van der Waals surface area contributed by atoms with Crippen LogP contribution in [0.4, 0.5) is 0 Å². The maximum absolute atomic E-state index is 11.4. The van der Waals surface area contributed by atoms with E-state index in [0.29, 0.717) is 12.1 Å². The number of ether oxygens (including phenoxy) is 1. The molecule has 19 heavy (non-hydrogen) atoms. The van der Waals surface area contributed by atoms with Crippen molar-refractivity contribution >= 4 is 0 Å². The van der Waals surface area contributed by atoms with Crippen molar-refractivity contribution in [2.24, 2.45) is 0 Å². The molecule has 2 heterocycles. The Labute approximate surface area is 109 Å². The zero-order valence-corrected chi connectivity index (χ0v) is 10.4. The van der Waals surface area contributed by atoms with E-state index in [1.54, 1.807) is 6.92 Å². The summed E-state index contributed by atoms with van der Waals surface area (Å²) in [5, 5.41) is 38.4. The molecule has 7 nitrogen and oxygen atoms in total. The quantitative estimate of drug-likeness (QED) is 0.545. The second-order valence-corrected chi connectivity index (χ2v) is 4.46. The van der Waals surface area contributed by atoms with Crippen LogP contribution in [0.3, 0.4) is 0 Å². The molecule has 2 rings (SSSR count). The highest BCUT2D eigenvalue weighted by Crippen LogP contribution is 2.31. The molecule has 4 atom stereocenters. The van der Waals surface area contributed by atoms with Gasteiger partial charge in [-0.05, 0) is 6.42 Å². The molecule has 0 amide bonds. The summed E-state index contributed by atoms with van der Waals surface area (Å²) < 4.78 is 6.76. The molecule has 1 aliphatic heterocycles. The van der Waals surface area contributed by atoms with Crippen LogP contribution in [0.1, 0.15) is 18.8 Å². The summed E-state index contributed by atoms with van der Waals surface area (Å²) in [6.45, 7) is 1.31. The number of pyridine rings is 1. The van der Waals surface area contributed by atoms with Gasteiger partial charge in [-0.2, -0.15) is 0 Å². The van der Waals surface area contributed by atoms with Gasteiger partial charge in [0.1, 0.15) is 18.3 Å². The normalized spacial score (nSPS) is 30.7. The molecular weight excluding hydrogens is 254 g/mol. The lowest BCUT2D eigenvalue weighted by atomic mass is 10.1. The van der Waals surface area contributed by atoms with E-state index in [1.165, 1.54) is 10.8 Å². The van der Waals surface area contributed by atoms with E-state index >= 15 is 0 Å².